The summed E-state index contributed by atoms with van der Waals surface area (Å²) < 4.78 is 0.916. The molecule has 0 radical (unpaired) electrons. The second kappa shape index (κ2) is 4.85. The summed E-state index contributed by atoms with van der Waals surface area (Å²) in [5, 5.41) is 8.04. The minimum atomic E-state index is 0.569. The van der Waals surface area contributed by atoms with Crippen LogP contribution < -0.4 is 5.73 Å². The van der Waals surface area contributed by atoms with Crippen LogP contribution in [0.5, 0.6) is 0 Å². The first-order valence-corrected chi connectivity index (χ1v) is 5.42. The summed E-state index contributed by atoms with van der Waals surface area (Å²) in [7, 11) is 0. The predicted molar refractivity (Wildman–Crippen MR) is 67.0 cm³/mol. The van der Waals surface area contributed by atoms with Crippen molar-refractivity contribution in [3.05, 3.63) is 47.1 Å². The molecule has 1 aromatic heterocycles. The molecule has 0 amide bonds. The maximum atomic E-state index is 5.56. The minimum absolute atomic E-state index is 0.569. The molecule has 0 saturated heterocycles. The van der Waals surface area contributed by atoms with Gasteiger partial charge >= 0.3 is 0 Å². The number of nitrogens with two attached hydrogens (primary N) is 1. The highest BCUT2D eigenvalue weighted by Crippen LogP contribution is 2.18. The molecule has 0 saturated carbocycles. The third-order valence-corrected chi connectivity index (χ3v) is 2.34. The number of aromatic nitrogens is 1. The Balaban J connectivity index is 2.15. The zero-order valence-electron chi connectivity index (χ0n) is 8.34. The molecule has 1 heterocycles. The summed E-state index contributed by atoms with van der Waals surface area (Å²) in [5.74, 6) is 0.569. The van der Waals surface area contributed by atoms with Gasteiger partial charge in [-0.3, -0.25) is 0 Å². The lowest BCUT2D eigenvalue weighted by molar-refractivity contribution is 1.15. The Kier molecular flexibility index (Phi) is 3.26. The second-order valence-corrected chi connectivity index (χ2v) is 4.04. The highest BCUT2D eigenvalue weighted by Gasteiger charge is 1.92. The lowest BCUT2D eigenvalue weighted by Gasteiger charge is -1.94. The van der Waals surface area contributed by atoms with Gasteiger partial charge in [0, 0.05) is 16.4 Å². The van der Waals surface area contributed by atoms with Crippen molar-refractivity contribution in [1.29, 1.82) is 0 Å². The number of nitrogen functional groups attached to an aromatic ring is 1. The van der Waals surface area contributed by atoms with E-state index in [2.05, 4.69) is 31.1 Å². The third kappa shape index (κ3) is 2.87. The Hall–Kier alpha value is -1.75. The standard InChI is InChI=1S/C11H9BrN4/c12-8-1-6-11(14-7-8)16-15-10-4-2-9(13)3-5-10/h1-7H,13H2. The number of nitrogens with zero attached hydrogens (tertiary/aromatic N) is 3. The molecule has 2 aromatic rings. The van der Waals surface area contributed by atoms with Crippen LogP contribution in [0, 0.1) is 0 Å². The van der Waals surface area contributed by atoms with E-state index >= 15 is 0 Å². The first-order chi connectivity index (χ1) is 7.74. The Morgan fingerprint density at radius 2 is 1.75 bits per heavy atom. The van der Waals surface area contributed by atoms with Crippen LogP contribution in [0.3, 0.4) is 0 Å². The second-order valence-electron chi connectivity index (χ2n) is 3.13. The van der Waals surface area contributed by atoms with Crippen LogP contribution in [0.2, 0.25) is 0 Å². The van der Waals surface area contributed by atoms with E-state index in [9.17, 15) is 0 Å². The van der Waals surface area contributed by atoms with Gasteiger partial charge in [-0.15, -0.1) is 10.2 Å². The number of pyridine rings is 1. The molecule has 0 bridgehead atoms. The highest BCUT2D eigenvalue weighted by atomic mass is 79.9. The van der Waals surface area contributed by atoms with Gasteiger partial charge in [0.15, 0.2) is 5.82 Å². The molecule has 4 nitrogen and oxygen atoms in total. The van der Waals surface area contributed by atoms with Gasteiger partial charge < -0.3 is 5.73 Å². The molecule has 0 aliphatic rings. The Morgan fingerprint density at radius 1 is 1.00 bits per heavy atom. The summed E-state index contributed by atoms with van der Waals surface area (Å²) in [6.07, 6.45) is 1.68. The maximum Gasteiger partial charge on any atom is 0.174 e. The van der Waals surface area contributed by atoms with Crippen LogP contribution in [-0.2, 0) is 0 Å². The molecule has 2 rings (SSSR count). The summed E-state index contributed by atoms with van der Waals surface area (Å²) in [5.41, 5.74) is 7.02. The number of halogens is 1. The van der Waals surface area contributed by atoms with Crippen molar-refractivity contribution in [2.75, 3.05) is 5.73 Å². The smallest absolute Gasteiger partial charge is 0.174 e. The van der Waals surface area contributed by atoms with Gasteiger partial charge in [-0.2, -0.15) is 0 Å². The van der Waals surface area contributed by atoms with Crippen LogP contribution in [0.1, 0.15) is 0 Å². The summed E-state index contributed by atoms with van der Waals surface area (Å²) >= 11 is 3.30. The van der Waals surface area contributed by atoms with Gasteiger partial charge in [-0.1, -0.05) is 0 Å². The first kappa shape index (κ1) is 10.8. The number of hydrogen-bond donors (Lipinski definition) is 1. The topological polar surface area (TPSA) is 63.6 Å². The number of rotatable bonds is 2. The molecule has 0 spiro atoms. The number of benzene rings is 1. The lowest BCUT2D eigenvalue weighted by Crippen LogP contribution is -1.80. The number of azo groups is 1. The van der Waals surface area contributed by atoms with Crippen LogP contribution in [-0.4, -0.2) is 4.98 Å². The molecule has 2 N–H and O–H groups in total. The Morgan fingerprint density at radius 3 is 2.38 bits per heavy atom. The van der Waals surface area contributed by atoms with E-state index < -0.39 is 0 Å². The Bertz CT molecular complexity index is 443. The van der Waals surface area contributed by atoms with E-state index in [0.29, 0.717) is 11.5 Å². The molecule has 1 aromatic carbocycles. The SMILES string of the molecule is Nc1ccc(N=Nc2ccc(Br)cn2)cc1. The van der Waals surface area contributed by atoms with Crippen molar-refractivity contribution in [3.8, 4) is 0 Å². The zero-order valence-corrected chi connectivity index (χ0v) is 9.92. The van der Waals surface area contributed by atoms with E-state index in [0.717, 1.165) is 10.2 Å². The largest absolute Gasteiger partial charge is 0.399 e. The Labute approximate surface area is 101 Å². The average molecular weight is 277 g/mol. The monoisotopic (exact) mass is 276 g/mol. The first-order valence-electron chi connectivity index (χ1n) is 4.63. The van der Waals surface area contributed by atoms with Gasteiger partial charge in [0.25, 0.3) is 0 Å². The van der Waals surface area contributed by atoms with Crippen molar-refractivity contribution in [2.45, 2.75) is 0 Å². The fourth-order valence-corrected chi connectivity index (χ4v) is 1.31. The molecule has 16 heavy (non-hydrogen) atoms. The molecular formula is C11H9BrN4. The van der Waals surface area contributed by atoms with Gasteiger partial charge in [0.05, 0.1) is 5.69 Å². The van der Waals surface area contributed by atoms with Crippen LogP contribution in [0.4, 0.5) is 17.2 Å². The van der Waals surface area contributed by atoms with Crippen LogP contribution >= 0.6 is 15.9 Å². The van der Waals surface area contributed by atoms with Crippen molar-refractivity contribution in [3.63, 3.8) is 0 Å². The lowest BCUT2D eigenvalue weighted by atomic mass is 10.3. The fraction of sp³-hybridized carbons (Fsp3) is 0. The van der Waals surface area contributed by atoms with Gasteiger partial charge in [0.1, 0.15) is 0 Å². The van der Waals surface area contributed by atoms with Gasteiger partial charge in [-0.25, -0.2) is 4.98 Å². The van der Waals surface area contributed by atoms with Crippen molar-refractivity contribution in [2.24, 2.45) is 10.2 Å². The zero-order chi connectivity index (χ0) is 11.4. The fourth-order valence-electron chi connectivity index (χ4n) is 1.08. The van der Waals surface area contributed by atoms with Crippen molar-refractivity contribution in [1.82, 2.24) is 4.98 Å². The van der Waals surface area contributed by atoms with E-state index in [1.54, 1.807) is 36.5 Å². The van der Waals surface area contributed by atoms with Gasteiger partial charge in [-0.05, 0) is 52.3 Å². The minimum Gasteiger partial charge on any atom is -0.399 e. The summed E-state index contributed by atoms with van der Waals surface area (Å²) in [6.45, 7) is 0. The van der Waals surface area contributed by atoms with Crippen molar-refractivity contribution < 1.29 is 0 Å². The molecule has 0 fully saturated rings. The molecule has 0 aliphatic heterocycles. The summed E-state index contributed by atoms with van der Waals surface area (Å²) in [6, 6.07) is 10.8. The quantitative estimate of drug-likeness (QED) is 0.669. The molecule has 0 aliphatic carbocycles. The third-order valence-electron chi connectivity index (χ3n) is 1.87. The van der Waals surface area contributed by atoms with Crippen LogP contribution in [0.25, 0.3) is 0 Å². The highest BCUT2D eigenvalue weighted by molar-refractivity contribution is 9.10. The molecule has 0 unspecified atom stereocenters. The molecule has 5 heteroatoms. The molecule has 0 atom stereocenters. The summed E-state index contributed by atoms with van der Waals surface area (Å²) in [4.78, 5) is 4.08. The molecular weight excluding hydrogens is 268 g/mol. The van der Waals surface area contributed by atoms with E-state index in [4.69, 9.17) is 5.73 Å². The van der Waals surface area contributed by atoms with E-state index in [1.807, 2.05) is 6.07 Å². The maximum absolute atomic E-state index is 5.56. The normalized spacial score (nSPS) is 10.8. The predicted octanol–water partition coefficient (Wildman–Crippen LogP) is 3.84. The average Bonchev–Trinajstić information content (AvgIpc) is 2.30. The van der Waals surface area contributed by atoms with E-state index in [-0.39, 0.29) is 0 Å². The van der Waals surface area contributed by atoms with Crippen molar-refractivity contribution >= 4 is 33.1 Å². The van der Waals surface area contributed by atoms with Crippen LogP contribution in [0.15, 0.2) is 57.3 Å². The number of anilines is 1. The van der Waals surface area contributed by atoms with E-state index in [1.165, 1.54) is 0 Å². The van der Waals surface area contributed by atoms with Gasteiger partial charge in [0.2, 0.25) is 0 Å². The molecule has 80 valence electrons. The number of hydrogen-bond acceptors (Lipinski definition) is 4.